The topological polar surface area (TPSA) is 75.7 Å². The lowest BCUT2D eigenvalue weighted by molar-refractivity contribution is -0.125. The highest BCUT2D eigenvalue weighted by molar-refractivity contribution is 7.89. The zero-order valence-electron chi connectivity index (χ0n) is 17.0. The summed E-state index contributed by atoms with van der Waals surface area (Å²) >= 11 is 0. The van der Waals surface area contributed by atoms with Crippen molar-refractivity contribution >= 4 is 15.9 Å². The van der Waals surface area contributed by atoms with E-state index >= 15 is 0 Å². The third-order valence-corrected chi connectivity index (χ3v) is 7.77. The minimum absolute atomic E-state index is 0.227. The lowest BCUT2D eigenvalue weighted by Gasteiger charge is -2.33. The molecule has 6 nitrogen and oxygen atoms in total. The number of nitrogens with zero attached hydrogens (tertiary/aromatic N) is 1. The van der Waals surface area contributed by atoms with Crippen LogP contribution in [0.2, 0.25) is 0 Å². The molecule has 30 heavy (non-hydrogen) atoms. The van der Waals surface area contributed by atoms with E-state index < -0.39 is 16.1 Å². The molecule has 1 aliphatic carbocycles. The molecule has 1 heterocycles. The summed E-state index contributed by atoms with van der Waals surface area (Å²) in [6, 6.07) is 13.8. The van der Waals surface area contributed by atoms with Gasteiger partial charge >= 0.3 is 0 Å². The van der Waals surface area contributed by atoms with E-state index in [0.29, 0.717) is 26.1 Å². The van der Waals surface area contributed by atoms with Gasteiger partial charge < -0.3 is 10.1 Å². The molecule has 160 valence electrons. The predicted octanol–water partition coefficient (Wildman–Crippen LogP) is 2.91. The van der Waals surface area contributed by atoms with Crippen molar-refractivity contribution in [2.75, 3.05) is 19.7 Å². The molecule has 1 N–H and O–H groups in total. The number of benzene rings is 2. The minimum Gasteiger partial charge on any atom is -0.492 e. The highest BCUT2D eigenvalue weighted by Crippen LogP contribution is 2.27. The van der Waals surface area contributed by atoms with Gasteiger partial charge in [-0.15, -0.1) is 0 Å². The normalized spacial score (nSPS) is 19.3. The fourth-order valence-corrected chi connectivity index (χ4v) is 5.96. The van der Waals surface area contributed by atoms with Crippen molar-refractivity contribution < 1.29 is 17.9 Å². The van der Waals surface area contributed by atoms with Crippen LogP contribution >= 0.6 is 0 Å². The standard InChI is InChI=1S/C23H28N2O4S/c26-23(24-14-16-29-20-13-12-18-7-6-8-19(18)17-20)22-11-4-5-15-25(22)30(27,28)21-9-2-1-3-10-21/h1-3,9-10,12-13,17,22H,4-8,11,14-16H2,(H,24,26). The van der Waals surface area contributed by atoms with Crippen molar-refractivity contribution in [3.8, 4) is 5.75 Å². The lowest BCUT2D eigenvalue weighted by Crippen LogP contribution is -2.52. The number of ether oxygens (including phenoxy) is 1. The lowest BCUT2D eigenvalue weighted by atomic mass is 10.0. The Kier molecular flexibility index (Phi) is 6.39. The Hall–Kier alpha value is -2.38. The van der Waals surface area contributed by atoms with Gasteiger partial charge in [0, 0.05) is 6.54 Å². The second kappa shape index (κ2) is 9.18. The Labute approximate surface area is 178 Å². The molecule has 1 amide bonds. The fraction of sp³-hybridized carbons (Fsp3) is 0.435. The highest BCUT2D eigenvalue weighted by atomic mass is 32.2. The molecule has 2 aromatic rings. The zero-order chi connectivity index (χ0) is 21.0. The van der Waals surface area contributed by atoms with Crippen LogP contribution in [-0.2, 0) is 27.7 Å². The second-order valence-electron chi connectivity index (χ2n) is 7.86. The summed E-state index contributed by atoms with van der Waals surface area (Å²) < 4.78 is 33.2. The Balaban J connectivity index is 1.33. The Morgan fingerprint density at radius 2 is 1.83 bits per heavy atom. The van der Waals surface area contributed by atoms with Crippen LogP contribution in [0.5, 0.6) is 5.75 Å². The first-order chi connectivity index (χ1) is 14.6. The number of hydrogen-bond acceptors (Lipinski definition) is 4. The molecule has 1 fully saturated rings. The van der Waals surface area contributed by atoms with Crippen LogP contribution < -0.4 is 10.1 Å². The van der Waals surface area contributed by atoms with Crippen molar-refractivity contribution in [2.24, 2.45) is 0 Å². The van der Waals surface area contributed by atoms with E-state index in [1.54, 1.807) is 30.3 Å². The van der Waals surface area contributed by atoms with E-state index in [-0.39, 0.29) is 10.8 Å². The Bertz CT molecular complexity index is 992. The van der Waals surface area contributed by atoms with Gasteiger partial charge in [0.1, 0.15) is 18.4 Å². The van der Waals surface area contributed by atoms with Gasteiger partial charge in [-0.3, -0.25) is 4.79 Å². The molecule has 0 radical (unpaired) electrons. The molecule has 1 atom stereocenters. The number of fused-ring (bicyclic) bond motifs is 1. The fourth-order valence-electron chi connectivity index (χ4n) is 4.28. The van der Waals surface area contributed by atoms with E-state index in [9.17, 15) is 13.2 Å². The molecule has 7 heteroatoms. The van der Waals surface area contributed by atoms with Gasteiger partial charge in [-0.25, -0.2) is 8.42 Å². The molecule has 0 spiro atoms. The van der Waals surface area contributed by atoms with Crippen molar-refractivity contribution in [1.29, 1.82) is 0 Å². The summed E-state index contributed by atoms with van der Waals surface area (Å²) in [5, 5.41) is 2.86. The second-order valence-corrected chi connectivity index (χ2v) is 9.75. The van der Waals surface area contributed by atoms with Crippen molar-refractivity contribution in [2.45, 2.75) is 49.5 Å². The van der Waals surface area contributed by atoms with E-state index in [4.69, 9.17) is 4.74 Å². The summed E-state index contributed by atoms with van der Waals surface area (Å²) in [5.74, 6) is 0.558. The first-order valence-corrected chi connectivity index (χ1v) is 12.1. The van der Waals surface area contributed by atoms with E-state index in [1.807, 2.05) is 6.07 Å². The Morgan fingerprint density at radius 1 is 1.03 bits per heavy atom. The number of carbonyl (C=O) groups is 1. The Morgan fingerprint density at radius 3 is 2.67 bits per heavy atom. The number of nitrogens with one attached hydrogen (secondary N) is 1. The molecule has 1 unspecified atom stereocenters. The van der Waals surface area contributed by atoms with Gasteiger partial charge in [0.2, 0.25) is 15.9 Å². The number of carbonyl (C=O) groups excluding carboxylic acids is 1. The minimum atomic E-state index is -3.69. The maximum atomic E-state index is 13.0. The van der Waals surface area contributed by atoms with Gasteiger partial charge in [-0.2, -0.15) is 4.31 Å². The monoisotopic (exact) mass is 428 g/mol. The largest absolute Gasteiger partial charge is 0.492 e. The van der Waals surface area contributed by atoms with Crippen LogP contribution in [0.4, 0.5) is 0 Å². The van der Waals surface area contributed by atoms with Crippen LogP contribution in [0.25, 0.3) is 0 Å². The molecule has 2 aromatic carbocycles. The number of aryl methyl sites for hydroxylation is 2. The highest BCUT2D eigenvalue weighted by Gasteiger charge is 2.37. The van der Waals surface area contributed by atoms with Gasteiger partial charge in [0.15, 0.2) is 0 Å². The van der Waals surface area contributed by atoms with Gasteiger partial charge in [0.05, 0.1) is 11.4 Å². The number of amides is 1. The van der Waals surface area contributed by atoms with Gasteiger partial charge in [-0.05, 0) is 67.5 Å². The zero-order valence-corrected chi connectivity index (χ0v) is 17.9. The number of sulfonamides is 1. The van der Waals surface area contributed by atoms with Crippen LogP contribution in [-0.4, -0.2) is 44.4 Å². The average Bonchev–Trinajstić information content (AvgIpc) is 3.25. The maximum absolute atomic E-state index is 13.0. The van der Waals surface area contributed by atoms with E-state index in [0.717, 1.165) is 31.4 Å². The number of hydrogen-bond donors (Lipinski definition) is 1. The van der Waals surface area contributed by atoms with Crippen molar-refractivity contribution in [3.05, 3.63) is 59.7 Å². The third kappa shape index (κ3) is 4.52. The smallest absolute Gasteiger partial charge is 0.243 e. The molecule has 0 bridgehead atoms. The predicted molar refractivity (Wildman–Crippen MR) is 115 cm³/mol. The summed E-state index contributed by atoms with van der Waals surface area (Å²) in [7, 11) is -3.69. The van der Waals surface area contributed by atoms with Crippen molar-refractivity contribution in [1.82, 2.24) is 9.62 Å². The van der Waals surface area contributed by atoms with E-state index in [1.165, 1.54) is 21.9 Å². The van der Waals surface area contributed by atoms with Crippen molar-refractivity contribution in [3.63, 3.8) is 0 Å². The molecule has 0 aromatic heterocycles. The summed E-state index contributed by atoms with van der Waals surface area (Å²) in [6.07, 6.45) is 5.55. The molecule has 1 aliphatic heterocycles. The molecular weight excluding hydrogens is 400 g/mol. The summed E-state index contributed by atoms with van der Waals surface area (Å²) in [5.41, 5.74) is 2.74. The van der Waals surface area contributed by atoms with E-state index in [2.05, 4.69) is 17.4 Å². The van der Waals surface area contributed by atoms with Crippen LogP contribution in [0.15, 0.2) is 53.4 Å². The summed E-state index contributed by atoms with van der Waals surface area (Å²) in [4.78, 5) is 13.0. The van der Waals surface area contributed by atoms with Crippen LogP contribution in [0.1, 0.15) is 36.8 Å². The van der Waals surface area contributed by atoms with Gasteiger partial charge in [-0.1, -0.05) is 30.7 Å². The molecule has 0 saturated carbocycles. The molecule has 1 saturated heterocycles. The first-order valence-electron chi connectivity index (χ1n) is 10.6. The molecular formula is C23H28N2O4S. The summed E-state index contributed by atoms with van der Waals surface area (Å²) in [6.45, 7) is 1.05. The van der Waals surface area contributed by atoms with Crippen LogP contribution in [0, 0.1) is 0 Å². The first kappa shape index (κ1) is 20.9. The maximum Gasteiger partial charge on any atom is 0.243 e. The SMILES string of the molecule is O=C(NCCOc1ccc2c(c1)CCC2)C1CCCCN1S(=O)(=O)c1ccccc1. The average molecular weight is 429 g/mol. The molecule has 2 aliphatic rings. The molecule has 4 rings (SSSR count). The number of piperidine rings is 1. The number of rotatable bonds is 7. The quantitative estimate of drug-likeness (QED) is 0.688. The third-order valence-electron chi connectivity index (χ3n) is 5.85. The van der Waals surface area contributed by atoms with Crippen LogP contribution in [0.3, 0.4) is 0 Å². The van der Waals surface area contributed by atoms with Gasteiger partial charge in [0.25, 0.3) is 0 Å².